The van der Waals surface area contributed by atoms with Crippen molar-refractivity contribution in [2.24, 2.45) is 5.73 Å². The van der Waals surface area contributed by atoms with Gasteiger partial charge in [-0.3, -0.25) is 4.79 Å². The lowest BCUT2D eigenvalue weighted by molar-refractivity contribution is -0.134. The fourth-order valence-corrected chi connectivity index (χ4v) is 2.57. The van der Waals surface area contributed by atoms with Crippen LogP contribution in [0.3, 0.4) is 0 Å². The minimum Gasteiger partial charge on any atom is -0.484 e. The zero-order chi connectivity index (χ0) is 13.0. The van der Waals surface area contributed by atoms with Crippen molar-refractivity contribution in [3.63, 3.8) is 0 Å². The summed E-state index contributed by atoms with van der Waals surface area (Å²) >= 11 is 3.36. The third-order valence-electron chi connectivity index (χ3n) is 3.13. The number of hydrogen-bond donors (Lipinski definition) is 1. The van der Waals surface area contributed by atoms with Crippen LogP contribution in [0.2, 0.25) is 0 Å². The summed E-state index contributed by atoms with van der Waals surface area (Å²) in [5.41, 5.74) is 5.65. The number of likely N-dealkylation sites (tertiary alicyclic amines) is 1. The molecule has 4 nitrogen and oxygen atoms in total. The maximum absolute atomic E-state index is 12.0. The van der Waals surface area contributed by atoms with Crippen molar-refractivity contribution in [3.05, 3.63) is 28.7 Å². The molecule has 2 N–H and O–H groups in total. The predicted molar refractivity (Wildman–Crippen MR) is 73.4 cm³/mol. The van der Waals surface area contributed by atoms with Gasteiger partial charge in [-0.2, -0.15) is 0 Å². The van der Waals surface area contributed by atoms with Crippen molar-refractivity contribution in [1.29, 1.82) is 0 Å². The van der Waals surface area contributed by atoms with Crippen LogP contribution in [-0.2, 0) is 4.79 Å². The third kappa shape index (κ3) is 3.23. The monoisotopic (exact) mass is 312 g/mol. The lowest BCUT2D eigenvalue weighted by Crippen LogP contribution is -2.42. The number of rotatable bonds is 4. The van der Waals surface area contributed by atoms with Gasteiger partial charge in [0.25, 0.3) is 5.91 Å². The molecule has 1 aromatic rings. The molecule has 0 bridgehead atoms. The van der Waals surface area contributed by atoms with Crippen LogP contribution in [0, 0.1) is 0 Å². The summed E-state index contributed by atoms with van der Waals surface area (Å²) in [6.45, 7) is 1.40. The normalized spacial score (nSPS) is 19.0. The van der Waals surface area contributed by atoms with Crippen LogP contribution in [0.5, 0.6) is 5.75 Å². The third-order valence-corrected chi connectivity index (χ3v) is 3.62. The SMILES string of the molecule is NC[C@@H]1CCCN1C(=O)COc1cccc(Br)c1. The van der Waals surface area contributed by atoms with E-state index in [1.165, 1.54) is 0 Å². The Balaban J connectivity index is 1.88. The van der Waals surface area contributed by atoms with E-state index in [1.807, 2.05) is 29.2 Å². The van der Waals surface area contributed by atoms with E-state index < -0.39 is 0 Å². The molecule has 0 spiro atoms. The summed E-state index contributed by atoms with van der Waals surface area (Å²) in [4.78, 5) is 13.8. The zero-order valence-electron chi connectivity index (χ0n) is 10.1. The molecule has 1 aliphatic heterocycles. The lowest BCUT2D eigenvalue weighted by atomic mass is 10.2. The number of halogens is 1. The summed E-state index contributed by atoms with van der Waals surface area (Å²) in [7, 11) is 0. The second-order valence-electron chi connectivity index (χ2n) is 4.36. The van der Waals surface area contributed by atoms with Crippen molar-refractivity contribution in [1.82, 2.24) is 4.90 Å². The van der Waals surface area contributed by atoms with Crippen LogP contribution in [0.4, 0.5) is 0 Å². The minimum absolute atomic E-state index is 0.0166. The molecule has 0 aromatic heterocycles. The Hall–Kier alpha value is -1.07. The number of carbonyl (C=O) groups is 1. The highest BCUT2D eigenvalue weighted by molar-refractivity contribution is 9.10. The molecule has 1 aliphatic rings. The fraction of sp³-hybridized carbons (Fsp3) is 0.462. The van der Waals surface area contributed by atoms with E-state index in [9.17, 15) is 4.79 Å². The maximum atomic E-state index is 12.0. The van der Waals surface area contributed by atoms with Crippen LogP contribution in [0.25, 0.3) is 0 Å². The van der Waals surface area contributed by atoms with E-state index in [1.54, 1.807) is 0 Å². The molecule has 1 saturated heterocycles. The molecule has 1 aromatic carbocycles. The molecule has 0 aliphatic carbocycles. The number of carbonyl (C=O) groups excluding carboxylic acids is 1. The molecule has 1 amide bonds. The lowest BCUT2D eigenvalue weighted by Gasteiger charge is -2.23. The second-order valence-corrected chi connectivity index (χ2v) is 5.28. The van der Waals surface area contributed by atoms with Gasteiger partial charge in [-0.15, -0.1) is 0 Å². The first-order valence-electron chi connectivity index (χ1n) is 6.08. The molecule has 2 rings (SSSR count). The first-order valence-corrected chi connectivity index (χ1v) is 6.88. The smallest absolute Gasteiger partial charge is 0.260 e. The summed E-state index contributed by atoms with van der Waals surface area (Å²) in [5, 5.41) is 0. The van der Waals surface area contributed by atoms with E-state index in [0.29, 0.717) is 12.3 Å². The van der Waals surface area contributed by atoms with Crippen molar-refractivity contribution in [2.45, 2.75) is 18.9 Å². The fourth-order valence-electron chi connectivity index (χ4n) is 2.19. The molecule has 0 unspecified atom stereocenters. The van der Waals surface area contributed by atoms with Crippen molar-refractivity contribution in [2.75, 3.05) is 19.7 Å². The Morgan fingerprint density at radius 2 is 2.39 bits per heavy atom. The maximum Gasteiger partial charge on any atom is 0.260 e. The Morgan fingerprint density at radius 3 is 3.11 bits per heavy atom. The highest BCUT2D eigenvalue weighted by Crippen LogP contribution is 2.19. The van der Waals surface area contributed by atoms with E-state index in [0.717, 1.165) is 23.9 Å². The van der Waals surface area contributed by atoms with Gasteiger partial charge in [0, 0.05) is 23.6 Å². The molecular weight excluding hydrogens is 296 g/mol. The van der Waals surface area contributed by atoms with Crippen molar-refractivity contribution >= 4 is 21.8 Å². The highest BCUT2D eigenvalue weighted by atomic mass is 79.9. The number of hydrogen-bond acceptors (Lipinski definition) is 3. The van der Waals surface area contributed by atoms with Crippen LogP contribution in [0.15, 0.2) is 28.7 Å². The molecule has 1 heterocycles. The average molecular weight is 313 g/mol. The highest BCUT2D eigenvalue weighted by Gasteiger charge is 2.27. The quantitative estimate of drug-likeness (QED) is 0.922. The van der Waals surface area contributed by atoms with Gasteiger partial charge >= 0.3 is 0 Å². The summed E-state index contributed by atoms with van der Waals surface area (Å²) in [6.07, 6.45) is 2.03. The van der Waals surface area contributed by atoms with E-state index >= 15 is 0 Å². The minimum atomic E-state index is 0.0166. The molecule has 1 fully saturated rings. The van der Waals surface area contributed by atoms with Crippen LogP contribution in [-0.4, -0.2) is 36.5 Å². The van der Waals surface area contributed by atoms with E-state index in [2.05, 4.69) is 15.9 Å². The van der Waals surface area contributed by atoms with Gasteiger partial charge in [-0.25, -0.2) is 0 Å². The molecular formula is C13H17BrN2O2. The standard InChI is InChI=1S/C13H17BrN2O2/c14-10-3-1-5-12(7-10)18-9-13(17)16-6-2-4-11(16)8-15/h1,3,5,7,11H,2,4,6,8-9,15H2/t11-/m0/s1. The number of nitrogens with two attached hydrogens (primary N) is 1. The molecule has 18 heavy (non-hydrogen) atoms. The Bertz CT molecular complexity index is 425. The van der Waals surface area contributed by atoms with Crippen LogP contribution in [0.1, 0.15) is 12.8 Å². The summed E-state index contributed by atoms with van der Waals surface area (Å²) in [6, 6.07) is 7.66. The molecule has 0 radical (unpaired) electrons. The van der Waals surface area contributed by atoms with Gasteiger partial charge in [-0.05, 0) is 31.0 Å². The van der Waals surface area contributed by atoms with Gasteiger partial charge in [0.2, 0.25) is 0 Å². The first kappa shape index (κ1) is 13.4. The van der Waals surface area contributed by atoms with Crippen molar-refractivity contribution in [3.8, 4) is 5.75 Å². The summed E-state index contributed by atoms with van der Waals surface area (Å²) in [5.74, 6) is 0.712. The van der Waals surface area contributed by atoms with Crippen LogP contribution >= 0.6 is 15.9 Å². The van der Waals surface area contributed by atoms with Gasteiger partial charge in [-0.1, -0.05) is 22.0 Å². The Labute approximate surface area is 115 Å². The summed E-state index contributed by atoms with van der Waals surface area (Å²) < 4.78 is 6.43. The number of benzene rings is 1. The number of amides is 1. The number of ether oxygens (including phenoxy) is 1. The molecule has 5 heteroatoms. The van der Waals surface area contributed by atoms with Gasteiger partial charge in [0.05, 0.1) is 0 Å². The van der Waals surface area contributed by atoms with E-state index in [-0.39, 0.29) is 18.6 Å². The van der Waals surface area contributed by atoms with Crippen molar-refractivity contribution < 1.29 is 9.53 Å². The molecule has 98 valence electrons. The van der Waals surface area contributed by atoms with Gasteiger partial charge in [0.15, 0.2) is 6.61 Å². The molecule has 0 saturated carbocycles. The Morgan fingerprint density at radius 1 is 1.56 bits per heavy atom. The second kappa shape index (κ2) is 6.20. The largest absolute Gasteiger partial charge is 0.484 e. The topological polar surface area (TPSA) is 55.6 Å². The predicted octanol–water partition coefficient (Wildman–Crippen LogP) is 1.78. The molecule has 1 atom stereocenters. The first-order chi connectivity index (χ1) is 8.70. The van der Waals surface area contributed by atoms with E-state index in [4.69, 9.17) is 10.5 Å². The van der Waals surface area contributed by atoms with Gasteiger partial charge < -0.3 is 15.4 Å². The average Bonchev–Trinajstić information content (AvgIpc) is 2.84. The van der Waals surface area contributed by atoms with Crippen LogP contribution < -0.4 is 10.5 Å². The zero-order valence-corrected chi connectivity index (χ0v) is 11.7. The Kier molecular flexibility index (Phi) is 4.60. The van der Waals surface area contributed by atoms with Gasteiger partial charge in [0.1, 0.15) is 5.75 Å². The number of nitrogens with zero attached hydrogens (tertiary/aromatic N) is 1.